The summed E-state index contributed by atoms with van der Waals surface area (Å²) in [6, 6.07) is 3.41. The molecule has 0 aliphatic carbocycles. The minimum atomic E-state index is -0.111. The van der Waals surface area contributed by atoms with Gasteiger partial charge in [-0.05, 0) is 12.8 Å². The first-order valence-electron chi connectivity index (χ1n) is 8.42. The fourth-order valence-electron chi connectivity index (χ4n) is 3.01. The molecule has 0 saturated carbocycles. The van der Waals surface area contributed by atoms with Crippen molar-refractivity contribution in [2.45, 2.75) is 26.2 Å². The Labute approximate surface area is 148 Å². The summed E-state index contributed by atoms with van der Waals surface area (Å²) in [6.45, 7) is 3.10. The molecule has 0 atom stereocenters. The number of piperidine rings is 1. The number of rotatable bonds is 6. The number of hydrogen-bond donors (Lipinski definition) is 1. The lowest BCUT2D eigenvalue weighted by Gasteiger charge is -2.31. The van der Waals surface area contributed by atoms with Crippen LogP contribution >= 0.6 is 0 Å². The molecule has 138 valence electrons. The Bertz CT molecular complexity index is 599. The number of methoxy groups -OCH3 is 3. The number of carbonyl (C=O) groups is 2. The standard InChI is InChI=1S/C18H26N2O5/c1-5-16(21)20-8-6-12(7-9-20)18(22)19-13-10-14(23-2)17(25-4)15(11-13)24-3/h10-12H,5-9H2,1-4H3,(H,19,22). The van der Waals surface area contributed by atoms with Crippen LogP contribution in [-0.2, 0) is 9.59 Å². The first-order valence-corrected chi connectivity index (χ1v) is 8.42. The molecule has 1 aliphatic heterocycles. The molecule has 1 aromatic carbocycles. The van der Waals surface area contributed by atoms with E-state index in [1.165, 1.54) is 21.3 Å². The third kappa shape index (κ3) is 4.35. The van der Waals surface area contributed by atoms with Gasteiger partial charge in [0.05, 0.1) is 21.3 Å². The van der Waals surface area contributed by atoms with Crippen molar-refractivity contribution in [3.8, 4) is 17.2 Å². The van der Waals surface area contributed by atoms with Gasteiger partial charge in [-0.1, -0.05) is 6.92 Å². The van der Waals surface area contributed by atoms with Crippen molar-refractivity contribution in [2.75, 3.05) is 39.7 Å². The number of amides is 2. The van der Waals surface area contributed by atoms with Crippen LogP contribution < -0.4 is 19.5 Å². The zero-order chi connectivity index (χ0) is 18.4. The van der Waals surface area contributed by atoms with Gasteiger partial charge in [-0.3, -0.25) is 9.59 Å². The number of anilines is 1. The van der Waals surface area contributed by atoms with Gasteiger partial charge in [0.2, 0.25) is 17.6 Å². The van der Waals surface area contributed by atoms with E-state index in [0.29, 0.717) is 55.3 Å². The maximum atomic E-state index is 12.5. The number of likely N-dealkylation sites (tertiary alicyclic amines) is 1. The van der Waals surface area contributed by atoms with Gasteiger partial charge in [-0.25, -0.2) is 0 Å². The van der Waals surface area contributed by atoms with Crippen LogP contribution in [0.25, 0.3) is 0 Å². The predicted octanol–water partition coefficient (Wildman–Crippen LogP) is 2.30. The molecule has 1 aromatic rings. The third-order valence-corrected chi connectivity index (χ3v) is 4.45. The molecule has 0 bridgehead atoms. The van der Waals surface area contributed by atoms with Gasteiger partial charge in [0.25, 0.3) is 0 Å². The number of ether oxygens (including phenoxy) is 3. The second kappa shape index (κ2) is 8.60. The predicted molar refractivity (Wildman–Crippen MR) is 94.3 cm³/mol. The summed E-state index contributed by atoms with van der Waals surface area (Å²) in [4.78, 5) is 26.1. The smallest absolute Gasteiger partial charge is 0.227 e. The highest BCUT2D eigenvalue weighted by atomic mass is 16.5. The van der Waals surface area contributed by atoms with Crippen LogP contribution in [0.15, 0.2) is 12.1 Å². The van der Waals surface area contributed by atoms with Gasteiger partial charge in [-0.2, -0.15) is 0 Å². The number of hydrogen-bond acceptors (Lipinski definition) is 5. The van der Waals surface area contributed by atoms with Crippen molar-refractivity contribution < 1.29 is 23.8 Å². The molecular formula is C18H26N2O5. The molecular weight excluding hydrogens is 324 g/mol. The lowest BCUT2D eigenvalue weighted by atomic mass is 9.95. The molecule has 2 rings (SSSR count). The van der Waals surface area contributed by atoms with E-state index in [-0.39, 0.29) is 17.7 Å². The molecule has 1 aliphatic rings. The van der Waals surface area contributed by atoms with E-state index < -0.39 is 0 Å². The molecule has 25 heavy (non-hydrogen) atoms. The van der Waals surface area contributed by atoms with Crippen molar-refractivity contribution in [3.05, 3.63) is 12.1 Å². The molecule has 0 aromatic heterocycles. The van der Waals surface area contributed by atoms with E-state index >= 15 is 0 Å². The molecule has 7 nitrogen and oxygen atoms in total. The van der Waals surface area contributed by atoms with Crippen LogP contribution in [0.4, 0.5) is 5.69 Å². The quantitative estimate of drug-likeness (QED) is 0.852. The number of nitrogens with one attached hydrogen (secondary N) is 1. The van der Waals surface area contributed by atoms with Crippen molar-refractivity contribution in [3.63, 3.8) is 0 Å². The minimum Gasteiger partial charge on any atom is -0.493 e. The fourth-order valence-corrected chi connectivity index (χ4v) is 3.01. The zero-order valence-electron chi connectivity index (χ0n) is 15.3. The molecule has 0 unspecified atom stereocenters. The normalized spacial score (nSPS) is 14.8. The van der Waals surface area contributed by atoms with Crippen LogP contribution in [0.5, 0.6) is 17.2 Å². The summed E-state index contributed by atoms with van der Waals surface area (Å²) in [5.41, 5.74) is 0.589. The number of carbonyl (C=O) groups excluding carboxylic acids is 2. The minimum absolute atomic E-state index is 0.0575. The van der Waals surface area contributed by atoms with E-state index in [9.17, 15) is 9.59 Å². The largest absolute Gasteiger partial charge is 0.493 e. The Kier molecular flexibility index (Phi) is 6.50. The lowest BCUT2D eigenvalue weighted by Crippen LogP contribution is -2.41. The van der Waals surface area contributed by atoms with E-state index in [4.69, 9.17) is 14.2 Å². The Morgan fingerprint density at radius 2 is 1.64 bits per heavy atom. The zero-order valence-corrected chi connectivity index (χ0v) is 15.3. The van der Waals surface area contributed by atoms with Crippen molar-refractivity contribution in [2.24, 2.45) is 5.92 Å². The summed E-state index contributed by atoms with van der Waals surface area (Å²) in [5.74, 6) is 1.43. The maximum Gasteiger partial charge on any atom is 0.227 e. The Balaban J connectivity index is 2.05. The van der Waals surface area contributed by atoms with Crippen molar-refractivity contribution in [1.82, 2.24) is 4.90 Å². The van der Waals surface area contributed by atoms with Gasteiger partial charge in [0.1, 0.15) is 0 Å². The number of benzene rings is 1. The summed E-state index contributed by atoms with van der Waals surface area (Å²) < 4.78 is 15.9. The Morgan fingerprint density at radius 3 is 2.08 bits per heavy atom. The van der Waals surface area contributed by atoms with E-state index in [1.807, 2.05) is 11.8 Å². The van der Waals surface area contributed by atoms with Gasteiger partial charge in [0.15, 0.2) is 11.5 Å². The fraction of sp³-hybridized carbons (Fsp3) is 0.556. The topological polar surface area (TPSA) is 77.1 Å². The van der Waals surface area contributed by atoms with E-state index in [2.05, 4.69) is 5.32 Å². The molecule has 1 saturated heterocycles. The Morgan fingerprint density at radius 1 is 1.08 bits per heavy atom. The summed E-state index contributed by atoms with van der Waals surface area (Å²) in [6.07, 6.45) is 1.84. The third-order valence-electron chi connectivity index (χ3n) is 4.45. The van der Waals surface area contributed by atoms with E-state index in [0.717, 1.165) is 0 Å². The highest BCUT2D eigenvalue weighted by Gasteiger charge is 2.27. The highest BCUT2D eigenvalue weighted by Crippen LogP contribution is 2.40. The molecule has 0 spiro atoms. The maximum absolute atomic E-state index is 12.5. The average Bonchev–Trinajstić information content (AvgIpc) is 2.66. The van der Waals surface area contributed by atoms with Crippen LogP contribution in [0.1, 0.15) is 26.2 Å². The van der Waals surface area contributed by atoms with Gasteiger partial charge in [-0.15, -0.1) is 0 Å². The van der Waals surface area contributed by atoms with Gasteiger partial charge < -0.3 is 24.4 Å². The summed E-state index contributed by atoms with van der Waals surface area (Å²) >= 11 is 0. The van der Waals surface area contributed by atoms with Crippen LogP contribution in [0.2, 0.25) is 0 Å². The molecule has 0 radical (unpaired) electrons. The second-order valence-corrected chi connectivity index (χ2v) is 5.91. The van der Waals surface area contributed by atoms with Crippen molar-refractivity contribution >= 4 is 17.5 Å². The Hall–Kier alpha value is -2.44. The van der Waals surface area contributed by atoms with Gasteiger partial charge >= 0.3 is 0 Å². The molecule has 1 heterocycles. The second-order valence-electron chi connectivity index (χ2n) is 5.91. The van der Waals surface area contributed by atoms with Gasteiger partial charge in [0, 0.05) is 43.2 Å². The average molecular weight is 350 g/mol. The summed E-state index contributed by atoms with van der Waals surface area (Å²) in [5, 5.41) is 2.91. The van der Waals surface area contributed by atoms with E-state index in [1.54, 1.807) is 12.1 Å². The molecule has 1 N–H and O–H groups in total. The van der Waals surface area contributed by atoms with Crippen LogP contribution in [0.3, 0.4) is 0 Å². The first kappa shape index (κ1) is 18.9. The lowest BCUT2D eigenvalue weighted by molar-refractivity contribution is -0.134. The SMILES string of the molecule is CCC(=O)N1CCC(C(=O)Nc2cc(OC)c(OC)c(OC)c2)CC1. The molecule has 1 fully saturated rings. The number of nitrogens with zero attached hydrogens (tertiary/aromatic N) is 1. The molecule has 7 heteroatoms. The molecule has 2 amide bonds. The van der Waals surface area contributed by atoms with Crippen LogP contribution in [-0.4, -0.2) is 51.1 Å². The van der Waals surface area contributed by atoms with Crippen molar-refractivity contribution in [1.29, 1.82) is 0 Å². The van der Waals surface area contributed by atoms with Crippen LogP contribution in [0, 0.1) is 5.92 Å². The first-order chi connectivity index (χ1) is 12.0. The monoisotopic (exact) mass is 350 g/mol. The summed E-state index contributed by atoms with van der Waals surface area (Å²) in [7, 11) is 4.59. The highest BCUT2D eigenvalue weighted by molar-refractivity contribution is 5.93.